The van der Waals surface area contributed by atoms with Crippen molar-refractivity contribution in [1.29, 1.82) is 0 Å². The molecule has 0 fully saturated rings. The van der Waals surface area contributed by atoms with Gasteiger partial charge in [-0.15, -0.1) is 0 Å². The van der Waals surface area contributed by atoms with Gasteiger partial charge >= 0.3 is 0 Å². The van der Waals surface area contributed by atoms with E-state index in [0.29, 0.717) is 0 Å². The number of fused-ring (bicyclic) bond motifs is 7. The van der Waals surface area contributed by atoms with Gasteiger partial charge in [0.15, 0.2) is 0 Å². The summed E-state index contributed by atoms with van der Waals surface area (Å²) in [6, 6.07) is 46.0. The molecule has 0 N–H and O–H groups in total. The van der Waals surface area contributed by atoms with Gasteiger partial charge in [0.1, 0.15) is 5.82 Å². The highest BCUT2D eigenvalue weighted by Crippen LogP contribution is 2.48. The van der Waals surface area contributed by atoms with Crippen molar-refractivity contribution < 1.29 is 0 Å². The van der Waals surface area contributed by atoms with Gasteiger partial charge in [0, 0.05) is 28.6 Å². The fourth-order valence-corrected chi connectivity index (χ4v) is 6.86. The summed E-state index contributed by atoms with van der Waals surface area (Å²) in [4.78, 5) is 7.46. The zero-order valence-electron chi connectivity index (χ0n) is 22.6. The van der Waals surface area contributed by atoms with E-state index >= 15 is 0 Å². The number of aromatic nitrogens is 3. The van der Waals surface area contributed by atoms with E-state index in [2.05, 4.69) is 148 Å². The third kappa shape index (κ3) is 3.02. The van der Waals surface area contributed by atoms with Crippen LogP contribution < -0.4 is 4.90 Å². The highest BCUT2D eigenvalue weighted by atomic mass is 15.2. The molecule has 9 rings (SSSR count). The summed E-state index contributed by atoms with van der Waals surface area (Å²) in [5.74, 6) is 1.08. The lowest BCUT2D eigenvalue weighted by atomic mass is 10.0. The molecule has 0 aliphatic carbocycles. The monoisotopic (exact) mass is 526 g/mol. The molecule has 6 aromatic carbocycles. The number of imidazole rings is 1. The first-order valence-corrected chi connectivity index (χ1v) is 14.2. The fourth-order valence-electron chi connectivity index (χ4n) is 6.86. The molecule has 4 heteroatoms. The Balaban J connectivity index is 1.39. The molecule has 0 atom stereocenters. The van der Waals surface area contributed by atoms with Crippen LogP contribution in [-0.2, 0) is 6.42 Å². The molecule has 1 aliphatic heterocycles. The second kappa shape index (κ2) is 8.33. The van der Waals surface area contributed by atoms with Crippen molar-refractivity contribution >= 4 is 60.7 Å². The average molecular weight is 527 g/mol. The smallest absolute Gasteiger partial charge is 0.114 e. The van der Waals surface area contributed by atoms with Crippen molar-refractivity contribution in [2.75, 3.05) is 4.90 Å². The second-order valence-electron chi connectivity index (χ2n) is 10.7. The minimum atomic E-state index is 0.852. The number of hydrogen-bond donors (Lipinski definition) is 0. The zero-order valence-corrected chi connectivity index (χ0v) is 22.6. The minimum absolute atomic E-state index is 0.852. The quantitative estimate of drug-likeness (QED) is 0.229. The molecule has 0 radical (unpaired) electrons. The van der Waals surface area contributed by atoms with Crippen LogP contribution in [0.3, 0.4) is 0 Å². The van der Waals surface area contributed by atoms with Gasteiger partial charge in [0.05, 0.1) is 39.1 Å². The first-order valence-electron chi connectivity index (χ1n) is 14.2. The van der Waals surface area contributed by atoms with Crippen LogP contribution in [0.5, 0.6) is 0 Å². The van der Waals surface area contributed by atoms with Crippen LogP contribution >= 0.6 is 0 Å². The summed E-state index contributed by atoms with van der Waals surface area (Å²) in [7, 11) is 0. The number of aryl methyl sites for hydroxylation is 1. The highest BCUT2D eigenvalue weighted by Gasteiger charge is 2.29. The second-order valence-corrected chi connectivity index (χ2v) is 10.7. The summed E-state index contributed by atoms with van der Waals surface area (Å²) in [6.07, 6.45) is 0.852. The van der Waals surface area contributed by atoms with Crippen molar-refractivity contribution in [2.45, 2.75) is 13.3 Å². The van der Waals surface area contributed by atoms with Crippen LogP contribution in [0.4, 0.5) is 17.1 Å². The van der Waals surface area contributed by atoms with Crippen molar-refractivity contribution in [3.8, 4) is 11.4 Å². The van der Waals surface area contributed by atoms with E-state index in [4.69, 9.17) is 4.98 Å². The van der Waals surface area contributed by atoms with Gasteiger partial charge in [-0.2, -0.15) is 0 Å². The predicted octanol–water partition coefficient (Wildman–Crippen LogP) is 9.62. The Morgan fingerprint density at radius 3 is 2.24 bits per heavy atom. The third-order valence-electron chi connectivity index (χ3n) is 8.56. The normalized spacial score (nSPS) is 12.6. The molecule has 1 aliphatic rings. The Bertz CT molecular complexity index is 2310. The molecule has 0 bridgehead atoms. The number of para-hydroxylation sites is 3. The predicted molar refractivity (Wildman–Crippen MR) is 171 cm³/mol. The van der Waals surface area contributed by atoms with Gasteiger partial charge in [-0.25, -0.2) is 4.98 Å². The fraction of sp³-hybridized carbons (Fsp3) is 0.0541. The first kappa shape index (κ1) is 22.5. The number of benzene rings is 6. The number of hydrogen-bond acceptors (Lipinski definition) is 2. The van der Waals surface area contributed by atoms with Crippen molar-refractivity contribution in [3.05, 3.63) is 133 Å². The summed E-state index contributed by atoms with van der Waals surface area (Å²) in [5, 5.41) is 5.11. The lowest BCUT2D eigenvalue weighted by Gasteiger charge is -2.33. The van der Waals surface area contributed by atoms with Crippen molar-refractivity contribution in [3.63, 3.8) is 0 Å². The molecule has 41 heavy (non-hydrogen) atoms. The van der Waals surface area contributed by atoms with Crippen LogP contribution in [-0.4, -0.2) is 14.1 Å². The Hall–Kier alpha value is -5.35. The van der Waals surface area contributed by atoms with Crippen LogP contribution in [0, 0.1) is 0 Å². The molecular formula is C37H26N4. The summed E-state index contributed by atoms with van der Waals surface area (Å²) < 4.78 is 4.80. The SMILES string of the molecule is CCc1nc2cccc3c2n1-c1cc(-n2c4ccccc4c4c5ccccc5ccc42)ccc1N3c1ccccc1. The Morgan fingerprint density at radius 1 is 0.561 bits per heavy atom. The molecule has 2 aromatic heterocycles. The maximum Gasteiger partial charge on any atom is 0.114 e. The maximum absolute atomic E-state index is 5.09. The van der Waals surface area contributed by atoms with E-state index in [1.165, 1.54) is 32.6 Å². The summed E-state index contributed by atoms with van der Waals surface area (Å²) in [5.41, 5.74) is 10.4. The molecule has 4 nitrogen and oxygen atoms in total. The van der Waals surface area contributed by atoms with E-state index in [9.17, 15) is 0 Å². The van der Waals surface area contributed by atoms with Gasteiger partial charge in [-0.1, -0.05) is 79.7 Å². The lowest BCUT2D eigenvalue weighted by molar-refractivity contribution is 0.899. The van der Waals surface area contributed by atoms with Gasteiger partial charge < -0.3 is 9.47 Å². The Labute approximate surface area is 237 Å². The molecular weight excluding hydrogens is 500 g/mol. The van der Waals surface area contributed by atoms with E-state index in [1.54, 1.807) is 0 Å². The maximum atomic E-state index is 5.09. The number of nitrogens with zero attached hydrogens (tertiary/aromatic N) is 4. The van der Waals surface area contributed by atoms with Crippen LogP contribution in [0.15, 0.2) is 127 Å². The molecule has 0 saturated carbocycles. The van der Waals surface area contributed by atoms with Gasteiger partial charge in [-0.3, -0.25) is 4.57 Å². The van der Waals surface area contributed by atoms with Gasteiger partial charge in [0.2, 0.25) is 0 Å². The van der Waals surface area contributed by atoms with Crippen LogP contribution in [0.2, 0.25) is 0 Å². The summed E-state index contributed by atoms with van der Waals surface area (Å²) >= 11 is 0. The zero-order chi connectivity index (χ0) is 27.1. The minimum Gasteiger partial charge on any atom is -0.309 e. The standard InChI is InChI=1S/C37H26N4/c1-2-35-38-29-16-10-18-33-37(29)41(35)34-23-26(20-22-31(34)39(33)25-12-4-3-5-13-25)40-30-17-9-8-15-28(30)36-27-14-7-6-11-24(27)19-21-32(36)40/h3-23H,2H2,1H3. The third-order valence-corrected chi connectivity index (χ3v) is 8.56. The molecule has 8 aromatic rings. The molecule has 0 amide bonds. The van der Waals surface area contributed by atoms with Crippen molar-refractivity contribution in [2.24, 2.45) is 0 Å². The Kier molecular flexibility index (Phi) is 4.56. The topological polar surface area (TPSA) is 26.0 Å². The van der Waals surface area contributed by atoms with Gasteiger partial charge in [0.25, 0.3) is 0 Å². The molecule has 0 saturated heterocycles. The Morgan fingerprint density at radius 2 is 1.37 bits per heavy atom. The highest BCUT2D eigenvalue weighted by molar-refractivity contribution is 6.21. The van der Waals surface area contributed by atoms with E-state index in [1.807, 2.05) is 0 Å². The molecule has 0 unspecified atom stereocenters. The van der Waals surface area contributed by atoms with Crippen LogP contribution in [0.25, 0.3) is 55.0 Å². The largest absolute Gasteiger partial charge is 0.309 e. The molecule has 0 spiro atoms. The average Bonchev–Trinajstić information content (AvgIpc) is 3.59. The van der Waals surface area contributed by atoms with Crippen molar-refractivity contribution in [1.82, 2.24) is 14.1 Å². The van der Waals surface area contributed by atoms with Crippen LogP contribution in [0.1, 0.15) is 12.7 Å². The number of anilines is 3. The van der Waals surface area contributed by atoms with E-state index in [-0.39, 0.29) is 0 Å². The van der Waals surface area contributed by atoms with E-state index < -0.39 is 0 Å². The first-order chi connectivity index (χ1) is 20.3. The van der Waals surface area contributed by atoms with Gasteiger partial charge in [-0.05, 0) is 65.4 Å². The lowest BCUT2D eigenvalue weighted by Crippen LogP contribution is -2.19. The molecule has 194 valence electrons. The van der Waals surface area contributed by atoms with E-state index in [0.717, 1.165) is 51.7 Å². The number of rotatable bonds is 3. The summed E-state index contributed by atoms with van der Waals surface area (Å²) in [6.45, 7) is 2.19. The molecule has 3 heterocycles.